The summed E-state index contributed by atoms with van der Waals surface area (Å²) in [6, 6.07) is 154. The van der Waals surface area contributed by atoms with Crippen LogP contribution in [0.1, 0.15) is 44.5 Å². The van der Waals surface area contributed by atoms with Gasteiger partial charge >= 0.3 is 0 Å². The van der Waals surface area contributed by atoms with Crippen molar-refractivity contribution < 1.29 is 0 Å². The summed E-state index contributed by atoms with van der Waals surface area (Å²) in [5.74, 6) is 1.35. The molecule has 0 saturated heterocycles. The van der Waals surface area contributed by atoms with Gasteiger partial charge in [0.2, 0.25) is 0 Å². The first kappa shape index (κ1) is 71.2. The molecule has 0 fully saturated rings. The number of hydrogen-bond acceptors (Lipinski definition) is 4. The lowest BCUT2D eigenvalue weighted by molar-refractivity contribution is 0.769. The molecule has 0 unspecified atom stereocenters. The molecule has 2 aliphatic carbocycles. The molecule has 550 valence electrons. The van der Waals surface area contributed by atoms with Crippen molar-refractivity contribution in [3.63, 3.8) is 0 Å². The Bertz CT molecular complexity index is 6900. The average Bonchev–Trinajstić information content (AvgIpc) is 1.53. The first-order chi connectivity index (χ1) is 58.4. The van der Waals surface area contributed by atoms with E-state index in [0.717, 1.165) is 134 Å². The Morgan fingerprint density at radius 1 is 0.195 bits per heavy atom. The Kier molecular flexibility index (Phi) is 18.4. The summed E-state index contributed by atoms with van der Waals surface area (Å²) in [6.07, 6.45) is 0. The number of aromatic nitrogens is 4. The minimum atomic E-state index is -0.565. The molecule has 0 radical (unpaired) electrons. The second kappa shape index (κ2) is 30.6. The summed E-state index contributed by atoms with van der Waals surface area (Å²) in [5.41, 5.74) is 32.7. The predicted molar refractivity (Wildman–Crippen MR) is 483 cm³/mol. The maximum Gasteiger partial charge on any atom is 0.187 e. The molecule has 0 N–H and O–H groups in total. The SMILES string of the molecule is [C-]#[N+]c1ccc2c(c1)-c1c(-c3ccc(-c4cc(-c5ccccc5)nc(-c5cccc6ccccc56)n4)cc3)cccc1C2(c1ccccc1)c1ccccc1.[C-]#[N+]c1ccc2c(c1)-c1c(-c3ccc(-c4nc(-c5cccc(-c6ccccc6)c5)cc(-c5cccc(-c6ccccc6)c5)n4)cc3)cccc1C2(c1ccccc1)c1ccccc1. The van der Waals surface area contributed by atoms with E-state index in [4.69, 9.17) is 33.1 Å². The number of benzene rings is 17. The highest BCUT2D eigenvalue weighted by atomic mass is 14.9. The minimum absolute atomic E-state index is 0.545. The van der Waals surface area contributed by atoms with Crippen molar-refractivity contribution in [1.82, 2.24) is 19.9 Å². The quantitative estimate of drug-likeness (QED) is 0.102. The summed E-state index contributed by atoms with van der Waals surface area (Å²) in [5, 5.41) is 2.28. The first-order valence-electron chi connectivity index (χ1n) is 39.8. The van der Waals surface area contributed by atoms with Gasteiger partial charge in [-0.25, -0.2) is 29.6 Å². The van der Waals surface area contributed by atoms with Gasteiger partial charge in [-0.2, -0.15) is 0 Å². The normalized spacial score (nSPS) is 12.4. The van der Waals surface area contributed by atoms with Crippen molar-refractivity contribution >= 4 is 22.1 Å². The van der Waals surface area contributed by atoms with E-state index in [2.05, 4.69) is 404 Å². The third kappa shape index (κ3) is 12.6. The van der Waals surface area contributed by atoms with E-state index in [1.165, 1.54) is 44.5 Å². The molecule has 2 aromatic heterocycles. The molecule has 17 aromatic carbocycles. The number of fused-ring (bicyclic) bond motifs is 7. The smallest absolute Gasteiger partial charge is 0.187 e. The summed E-state index contributed by atoms with van der Waals surface area (Å²) >= 11 is 0. The Labute approximate surface area is 687 Å². The van der Waals surface area contributed by atoms with Crippen LogP contribution >= 0.6 is 0 Å². The Hall–Kier alpha value is -15.9. The Morgan fingerprint density at radius 3 is 0.941 bits per heavy atom. The van der Waals surface area contributed by atoms with Gasteiger partial charge in [-0.3, -0.25) is 0 Å². The fraction of sp³-hybridized carbons (Fsp3) is 0.0179. The van der Waals surface area contributed by atoms with Gasteiger partial charge in [0.1, 0.15) is 0 Å². The molecule has 0 bridgehead atoms. The molecule has 0 saturated carbocycles. The number of rotatable bonds is 14. The lowest BCUT2D eigenvalue weighted by atomic mass is 9.67. The average molecular weight is 1500 g/mol. The molecule has 0 amide bonds. The highest BCUT2D eigenvalue weighted by Gasteiger charge is 2.49. The van der Waals surface area contributed by atoms with E-state index in [1.807, 2.05) is 42.5 Å². The van der Waals surface area contributed by atoms with E-state index in [9.17, 15) is 0 Å². The fourth-order valence-corrected chi connectivity index (χ4v) is 18.0. The zero-order chi connectivity index (χ0) is 78.9. The van der Waals surface area contributed by atoms with Gasteiger partial charge < -0.3 is 0 Å². The van der Waals surface area contributed by atoms with Crippen LogP contribution in [0.25, 0.3) is 155 Å². The second-order valence-corrected chi connectivity index (χ2v) is 30.0. The lowest BCUT2D eigenvalue weighted by Crippen LogP contribution is -2.28. The summed E-state index contributed by atoms with van der Waals surface area (Å²) < 4.78 is 0. The standard InChI is InChI=1S/C60H39N3.C52H33N3/c1-61-51-35-36-54-53(39-51)58-52(29-16-30-55(58)60(54,49-25-10-4-11-26-49)50-27-12-5-13-28-50)43-31-33-44(34-32-43)59-62-56(47-23-14-21-45(37-47)41-17-6-2-7-18-41)40-57(63-59)48-24-15-22-46(38-48)42-19-8-3-9-20-42;1-53-41-31-32-46-45(33-41)50-43(24-14-26-47(50)52(46,39-19-7-3-8-20-39)40-21-9-4-10-22-40)36-27-29-38(30-28-36)49-34-48(37-16-5-2-6-17-37)54-51(55-49)44-25-13-18-35-15-11-12-23-42(35)44/h2-40H;2-34H. The molecular formula is C112H72N6. The summed E-state index contributed by atoms with van der Waals surface area (Å²) in [4.78, 5) is 28.6. The van der Waals surface area contributed by atoms with Crippen LogP contribution in [0.5, 0.6) is 0 Å². The third-order valence-corrected chi connectivity index (χ3v) is 23.4. The molecule has 0 aliphatic heterocycles. The maximum atomic E-state index is 7.99. The Morgan fingerprint density at radius 2 is 0.508 bits per heavy atom. The monoisotopic (exact) mass is 1500 g/mol. The Balaban J connectivity index is 0.000000153. The molecule has 2 aliphatic rings. The van der Waals surface area contributed by atoms with Crippen LogP contribution in [-0.4, -0.2) is 19.9 Å². The second-order valence-electron chi connectivity index (χ2n) is 30.0. The van der Waals surface area contributed by atoms with Crippen molar-refractivity contribution in [2.75, 3.05) is 0 Å². The minimum Gasteiger partial charge on any atom is -0.238 e. The van der Waals surface area contributed by atoms with Crippen molar-refractivity contribution in [3.05, 3.63) is 504 Å². The van der Waals surface area contributed by atoms with Crippen molar-refractivity contribution in [2.24, 2.45) is 0 Å². The highest BCUT2D eigenvalue weighted by Crippen LogP contribution is 2.61. The van der Waals surface area contributed by atoms with Crippen LogP contribution in [0.3, 0.4) is 0 Å². The summed E-state index contributed by atoms with van der Waals surface area (Å²) in [6.45, 7) is 15.9. The van der Waals surface area contributed by atoms with Gasteiger partial charge in [0, 0.05) is 33.4 Å². The highest BCUT2D eigenvalue weighted by molar-refractivity contribution is 6.00. The molecule has 21 rings (SSSR count). The van der Waals surface area contributed by atoms with Crippen molar-refractivity contribution in [2.45, 2.75) is 10.8 Å². The number of hydrogen-bond donors (Lipinski definition) is 0. The molecule has 6 nitrogen and oxygen atoms in total. The van der Waals surface area contributed by atoms with Crippen LogP contribution in [0.15, 0.2) is 437 Å². The first-order valence-corrected chi connectivity index (χ1v) is 39.8. The zero-order valence-corrected chi connectivity index (χ0v) is 64.3. The molecule has 2 heterocycles. The van der Waals surface area contributed by atoms with Gasteiger partial charge in [-0.15, -0.1) is 0 Å². The van der Waals surface area contributed by atoms with Gasteiger partial charge in [0.25, 0.3) is 0 Å². The van der Waals surface area contributed by atoms with Gasteiger partial charge in [0.15, 0.2) is 23.0 Å². The van der Waals surface area contributed by atoms with Crippen LogP contribution in [0.4, 0.5) is 11.4 Å². The molecule has 0 spiro atoms. The van der Waals surface area contributed by atoms with E-state index >= 15 is 0 Å². The van der Waals surface area contributed by atoms with Crippen LogP contribution in [0.2, 0.25) is 0 Å². The van der Waals surface area contributed by atoms with Crippen molar-refractivity contribution in [3.8, 4) is 135 Å². The van der Waals surface area contributed by atoms with Gasteiger partial charge in [-0.1, -0.05) is 400 Å². The van der Waals surface area contributed by atoms with Crippen LogP contribution in [-0.2, 0) is 10.8 Å². The predicted octanol–water partition coefficient (Wildman–Crippen LogP) is 28.6. The molecule has 19 aromatic rings. The van der Waals surface area contributed by atoms with Gasteiger partial charge in [-0.05, 0) is 158 Å². The number of nitrogens with zero attached hydrogens (tertiary/aromatic N) is 6. The van der Waals surface area contributed by atoms with Crippen LogP contribution < -0.4 is 0 Å². The summed E-state index contributed by atoms with van der Waals surface area (Å²) in [7, 11) is 0. The lowest BCUT2D eigenvalue weighted by Gasteiger charge is -2.34. The maximum absolute atomic E-state index is 7.99. The largest absolute Gasteiger partial charge is 0.238 e. The topological polar surface area (TPSA) is 60.3 Å². The molecular weight excluding hydrogens is 1430 g/mol. The molecule has 0 atom stereocenters. The van der Waals surface area contributed by atoms with E-state index in [-0.39, 0.29) is 0 Å². The molecule has 6 heteroatoms. The zero-order valence-electron chi connectivity index (χ0n) is 64.3. The van der Waals surface area contributed by atoms with E-state index in [1.54, 1.807) is 0 Å². The van der Waals surface area contributed by atoms with Crippen LogP contribution in [0, 0.1) is 13.1 Å². The van der Waals surface area contributed by atoms with Gasteiger partial charge in [0.05, 0.1) is 46.7 Å². The van der Waals surface area contributed by atoms with E-state index in [0.29, 0.717) is 23.0 Å². The van der Waals surface area contributed by atoms with E-state index < -0.39 is 10.8 Å². The molecule has 118 heavy (non-hydrogen) atoms. The fourth-order valence-electron chi connectivity index (χ4n) is 18.0. The van der Waals surface area contributed by atoms with Crippen molar-refractivity contribution in [1.29, 1.82) is 0 Å². The third-order valence-electron chi connectivity index (χ3n) is 23.4.